The average Bonchev–Trinajstić information content (AvgIpc) is 3.13. The fraction of sp³-hybridized carbons (Fsp3) is 0. The summed E-state index contributed by atoms with van der Waals surface area (Å²) in [5.74, 6) is -0.718. The largest absolute Gasteiger partial charge is 0.355 e. The van der Waals surface area contributed by atoms with Gasteiger partial charge in [-0.2, -0.15) is 5.26 Å². The third-order valence-corrected chi connectivity index (χ3v) is 4.65. The van der Waals surface area contributed by atoms with Crippen molar-refractivity contribution >= 4 is 39.9 Å². The van der Waals surface area contributed by atoms with Crippen LogP contribution in [0.5, 0.6) is 0 Å². The lowest BCUT2D eigenvalue weighted by Crippen LogP contribution is -1.97. The zero-order valence-electron chi connectivity index (χ0n) is 13.5. The van der Waals surface area contributed by atoms with Gasteiger partial charge in [0.05, 0.1) is 16.7 Å². The predicted molar refractivity (Wildman–Crippen MR) is 103 cm³/mol. The fourth-order valence-electron chi connectivity index (χ4n) is 2.22. The summed E-state index contributed by atoms with van der Waals surface area (Å²) >= 11 is 7.13. The smallest absolute Gasteiger partial charge is 0.295 e. The van der Waals surface area contributed by atoms with Crippen molar-refractivity contribution in [3.8, 4) is 17.3 Å². The van der Waals surface area contributed by atoms with E-state index in [-0.39, 0.29) is 11.3 Å². The second-order valence-electron chi connectivity index (χ2n) is 5.28. The topological polar surface area (TPSA) is 91.8 Å². The highest BCUT2D eigenvalue weighted by atomic mass is 35.5. The number of thiazole rings is 1. The van der Waals surface area contributed by atoms with Gasteiger partial charge < -0.3 is 5.32 Å². The van der Waals surface area contributed by atoms with E-state index in [0.717, 1.165) is 17.7 Å². The van der Waals surface area contributed by atoms with Crippen LogP contribution in [-0.2, 0) is 0 Å². The van der Waals surface area contributed by atoms with Crippen LogP contribution in [0.1, 0.15) is 5.01 Å². The first-order chi connectivity index (χ1) is 13.0. The summed E-state index contributed by atoms with van der Waals surface area (Å²) in [7, 11) is 0. The quantitative estimate of drug-likeness (QED) is 0.347. The summed E-state index contributed by atoms with van der Waals surface area (Å²) in [4.78, 5) is 14.8. The van der Waals surface area contributed by atoms with Crippen LogP contribution in [-0.4, -0.2) is 9.91 Å². The molecule has 134 valence electrons. The van der Waals surface area contributed by atoms with Gasteiger partial charge in [-0.05, 0) is 24.3 Å². The highest BCUT2D eigenvalue weighted by Crippen LogP contribution is 2.28. The molecule has 2 aromatic carbocycles. The Balaban J connectivity index is 1.87. The second-order valence-corrected chi connectivity index (χ2v) is 6.57. The zero-order chi connectivity index (χ0) is 19.4. The molecule has 0 amide bonds. The molecule has 0 unspecified atom stereocenters. The van der Waals surface area contributed by atoms with E-state index in [4.69, 9.17) is 11.6 Å². The molecule has 3 aromatic rings. The highest BCUT2D eigenvalue weighted by molar-refractivity contribution is 7.11. The highest BCUT2D eigenvalue weighted by Gasteiger charge is 2.15. The lowest BCUT2D eigenvalue weighted by Gasteiger charge is -2.03. The van der Waals surface area contributed by atoms with Gasteiger partial charge in [-0.3, -0.25) is 10.1 Å². The van der Waals surface area contributed by atoms with Gasteiger partial charge in [-0.1, -0.05) is 23.7 Å². The zero-order valence-corrected chi connectivity index (χ0v) is 15.1. The first-order valence-electron chi connectivity index (χ1n) is 7.50. The maximum absolute atomic E-state index is 13.2. The Bertz CT molecular complexity index is 1070. The van der Waals surface area contributed by atoms with Gasteiger partial charge in [0, 0.05) is 22.2 Å². The van der Waals surface area contributed by atoms with Crippen molar-refractivity contribution in [2.45, 2.75) is 0 Å². The van der Waals surface area contributed by atoms with Crippen LogP contribution < -0.4 is 5.32 Å². The van der Waals surface area contributed by atoms with Crippen molar-refractivity contribution in [2.75, 3.05) is 5.32 Å². The SMILES string of the molecule is N#CC(=CNc1ccc(F)cc1[N+](=O)[O-])c1nc(-c2ccc(Cl)cc2)cs1. The number of aromatic nitrogens is 1. The molecule has 6 nitrogen and oxygen atoms in total. The molecular formula is C18H10ClFN4O2S. The molecule has 0 aliphatic carbocycles. The minimum Gasteiger partial charge on any atom is -0.355 e. The number of nitro benzene ring substituents is 1. The Labute approximate surface area is 162 Å². The minimum atomic E-state index is -0.718. The van der Waals surface area contributed by atoms with Gasteiger partial charge in [0.2, 0.25) is 0 Å². The average molecular weight is 401 g/mol. The number of nitrogens with one attached hydrogen (secondary N) is 1. The molecule has 0 aliphatic heterocycles. The number of nitro groups is 1. The first-order valence-corrected chi connectivity index (χ1v) is 8.76. The number of benzene rings is 2. The second kappa shape index (κ2) is 7.95. The lowest BCUT2D eigenvalue weighted by molar-refractivity contribution is -0.384. The third-order valence-electron chi connectivity index (χ3n) is 3.52. The third kappa shape index (κ3) is 4.28. The van der Waals surface area contributed by atoms with Crippen LogP contribution in [0.15, 0.2) is 54.0 Å². The first kappa shape index (κ1) is 18.5. The van der Waals surface area contributed by atoms with E-state index < -0.39 is 16.4 Å². The van der Waals surface area contributed by atoms with E-state index >= 15 is 0 Å². The summed E-state index contributed by atoms with van der Waals surface area (Å²) in [5.41, 5.74) is 1.37. The van der Waals surface area contributed by atoms with Crippen molar-refractivity contribution < 1.29 is 9.31 Å². The number of halogens is 2. The molecule has 0 bridgehead atoms. The maximum Gasteiger partial charge on any atom is 0.295 e. The number of nitrogens with zero attached hydrogens (tertiary/aromatic N) is 3. The predicted octanol–water partition coefficient (Wildman–Crippen LogP) is 5.49. The number of allylic oxidation sites excluding steroid dienone is 1. The number of hydrogen-bond acceptors (Lipinski definition) is 6. The van der Waals surface area contributed by atoms with Crippen LogP contribution >= 0.6 is 22.9 Å². The Kier molecular flexibility index (Phi) is 5.45. The monoisotopic (exact) mass is 400 g/mol. The Morgan fingerprint density at radius 3 is 2.74 bits per heavy atom. The number of hydrogen-bond donors (Lipinski definition) is 1. The minimum absolute atomic E-state index is 0.0728. The number of nitriles is 1. The number of rotatable bonds is 5. The molecule has 0 saturated carbocycles. The summed E-state index contributed by atoms with van der Waals surface area (Å²) < 4.78 is 13.2. The van der Waals surface area contributed by atoms with Crippen LogP contribution in [0.3, 0.4) is 0 Å². The molecule has 1 heterocycles. The van der Waals surface area contributed by atoms with Gasteiger partial charge in [0.25, 0.3) is 5.69 Å². The fourth-order valence-corrected chi connectivity index (χ4v) is 3.14. The molecule has 1 aromatic heterocycles. The van der Waals surface area contributed by atoms with Crippen molar-refractivity contribution in [3.63, 3.8) is 0 Å². The summed E-state index contributed by atoms with van der Waals surface area (Å²) in [5, 5.41) is 26.0. The van der Waals surface area contributed by atoms with Gasteiger partial charge >= 0.3 is 0 Å². The van der Waals surface area contributed by atoms with Crippen LogP contribution in [0.2, 0.25) is 5.02 Å². The molecule has 0 atom stereocenters. The van der Waals surface area contributed by atoms with E-state index in [1.54, 1.807) is 17.5 Å². The molecule has 3 rings (SSSR count). The van der Waals surface area contributed by atoms with Gasteiger partial charge in [0.15, 0.2) is 0 Å². The standard InChI is InChI=1S/C18H10ClFN4O2S/c19-13-3-1-11(2-4-13)16-10-27-18(23-16)12(8-21)9-22-15-6-5-14(20)7-17(15)24(25)26/h1-7,9-10,22H. The molecule has 27 heavy (non-hydrogen) atoms. The van der Waals surface area contributed by atoms with E-state index in [9.17, 15) is 19.8 Å². The summed E-state index contributed by atoms with van der Waals surface area (Å²) in [6, 6.07) is 12.3. The molecule has 0 fully saturated rings. The van der Waals surface area contributed by atoms with Crippen molar-refractivity contribution in [1.29, 1.82) is 5.26 Å². The van der Waals surface area contributed by atoms with Gasteiger partial charge in [-0.25, -0.2) is 9.37 Å². The molecular weight excluding hydrogens is 391 g/mol. The van der Waals surface area contributed by atoms with Crippen LogP contribution in [0, 0.1) is 27.3 Å². The van der Waals surface area contributed by atoms with Crippen molar-refractivity contribution in [2.24, 2.45) is 0 Å². The summed E-state index contributed by atoms with van der Waals surface area (Å²) in [6.07, 6.45) is 1.31. The lowest BCUT2D eigenvalue weighted by atomic mass is 10.2. The number of anilines is 1. The Hall–Kier alpha value is -3.28. The molecule has 0 radical (unpaired) electrons. The normalized spacial score (nSPS) is 11.1. The maximum atomic E-state index is 13.2. The van der Waals surface area contributed by atoms with Gasteiger partial charge in [0.1, 0.15) is 28.2 Å². The van der Waals surface area contributed by atoms with E-state index in [1.165, 1.54) is 23.6 Å². The summed E-state index contributed by atoms with van der Waals surface area (Å²) in [6.45, 7) is 0. The molecule has 0 aliphatic rings. The van der Waals surface area contributed by atoms with Crippen LogP contribution in [0.4, 0.5) is 15.8 Å². The molecule has 9 heteroatoms. The van der Waals surface area contributed by atoms with E-state index in [1.807, 2.05) is 18.2 Å². The van der Waals surface area contributed by atoms with Crippen molar-refractivity contribution in [1.82, 2.24) is 4.98 Å². The van der Waals surface area contributed by atoms with Gasteiger partial charge in [-0.15, -0.1) is 11.3 Å². The van der Waals surface area contributed by atoms with E-state index in [2.05, 4.69) is 10.3 Å². The van der Waals surface area contributed by atoms with Crippen LogP contribution in [0.25, 0.3) is 16.8 Å². The van der Waals surface area contributed by atoms with Crippen molar-refractivity contribution in [3.05, 3.63) is 80.0 Å². The Morgan fingerprint density at radius 2 is 2.07 bits per heavy atom. The Morgan fingerprint density at radius 1 is 1.33 bits per heavy atom. The van der Waals surface area contributed by atoms with E-state index in [0.29, 0.717) is 15.7 Å². The molecule has 0 saturated heterocycles. The molecule has 1 N–H and O–H groups in total. The molecule has 0 spiro atoms.